The highest BCUT2D eigenvalue weighted by Gasteiger charge is 2.06. The molecule has 1 atom stereocenters. The second kappa shape index (κ2) is 24.8. The lowest BCUT2D eigenvalue weighted by Gasteiger charge is -2.08. The second-order valence-corrected chi connectivity index (χ2v) is 9.81. The number of ether oxygens (including phenoxy) is 1. The number of hydrogen-bond donors (Lipinski definition) is 0. The Morgan fingerprint density at radius 3 is 1.38 bits per heavy atom. The first-order valence-corrected chi connectivity index (χ1v) is 14.0. The summed E-state index contributed by atoms with van der Waals surface area (Å²) in [6.45, 7) is 7.99. The Morgan fingerprint density at radius 1 is 0.656 bits per heavy atom. The van der Waals surface area contributed by atoms with Crippen molar-refractivity contribution in [2.45, 2.75) is 161 Å². The van der Waals surface area contributed by atoms with E-state index in [0.717, 1.165) is 57.8 Å². The first-order valence-electron chi connectivity index (χ1n) is 14.0. The summed E-state index contributed by atoms with van der Waals surface area (Å²) in [6.07, 6.45) is 26.2. The molecule has 0 N–H and O–H groups in total. The van der Waals surface area contributed by atoms with Gasteiger partial charge in [0.25, 0.3) is 0 Å². The van der Waals surface area contributed by atoms with Crippen LogP contribution in [-0.4, -0.2) is 18.7 Å². The predicted octanol–water partition coefficient (Wildman–Crippen LogP) is 10.0. The molecule has 0 amide bonds. The van der Waals surface area contributed by atoms with Gasteiger partial charge in [0.15, 0.2) is 0 Å². The maximum atomic E-state index is 14.0. The Hall–Kier alpha value is -0.860. The van der Waals surface area contributed by atoms with Gasteiger partial charge in [0.05, 0.1) is 6.61 Å². The van der Waals surface area contributed by atoms with Crippen LogP contribution in [0.25, 0.3) is 0 Å². The van der Waals surface area contributed by atoms with Gasteiger partial charge >= 0.3 is 5.97 Å². The van der Waals surface area contributed by atoms with E-state index in [4.69, 9.17) is 4.74 Å². The lowest BCUT2D eigenvalue weighted by atomic mass is 10.0. The average Bonchev–Trinajstić information content (AvgIpc) is 2.77. The van der Waals surface area contributed by atoms with Gasteiger partial charge in [-0.25, -0.2) is 9.18 Å². The molecule has 32 heavy (non-hydrogen) atoms. The van der Waals surface area contributed by atoms with Crippen LogP contribution in [0.4, 0.5) is 4.39 Å². The van der Waals surface area contributed by atoms with Gasteiger partial charge in [-0.05, 0) is 26.2 Å². The molecule has 0 aliphatic rings. The molecule has 0 bridgehead atoms. The minimum atomic E-state index is -0.603. The smallest absolute Gasteiger partial charge is 0.333 e. The molecular weight excluding hydrogens is 399 g/mol. The molecule has 0 radical (unpaired) electrons. The maximum Gasteiger partial charge on any atom is 0.333 e. The largest absolute Gasteiger partial charge is 0.462 e. The van der Waals surface area contributed by atoms with Gasteiger partial charge in [-0.1, -0.05) is 135 Å². The SMILES string of the molecule is C=C(C)C(=O)OCCCCCCCCC(F)CCCCCCCCCCCCCCCC. The van der Waals surface area contributed by atoms with E-state index in [-0.39, 0.29) is 5.97 Å². The molecule has 0 rings (SSSR count). The number of carbonyl (C=O) groups excluding carboxylic acids is 1. The van der Waals surface area contributed by atoms with E-state index in [9.17, 15) is 9.18 Å². The van der Waals surface area contributed by atoms with E-state index in [1.54, 1.807) is 6.92 Å². The van der Waals surface area contributed by atoms with E-state index in [0.29, 0.717) is 12.2 Å². The van der Waals surface area contributed by atoms with Crippen molar-refractivity contribution < 1.29 is 13.9 Å². The molecule has 0 heterocycles. The van der Waals surface area contributed by atoms with Crippen molar-refractivity contribution in [2.75, 3.05) is 6.61 Å². The number of rotatable bonds is 25. The summed E-state index contributed by atoms with van der Waals surface area (Å²) < 4.78 is 19.1. The molecule has 0 spiro atoms. The van der Waals surface area contributed by atoms with Crippen LogP contribution in [-0.2, 0) is 9.53 Å². The first kappa shape index (κ1) is 31.1. The van der Waals surface area contributed by atoms with Gasteiger partial charge in [-0.3, -0.25) is 0 Å². The van der Waals surface area contributed by atoms with Gasteiger partial charge < -0.3 is 4.74 Å². The van der Waals surface area contributed by atoms with Crippen molar-refractivity contribution in [3.63, 3.8) is 0 Å². The summed E-state index contributed by atoms with van der Waals surface area (Å²) in [5.41, 5.74) is 0.458. The second-order valence-electron chi connectivity index (χ2n) is 9.81. The lowest BCUT2D eigenvalue weighted by molar-refractivity contribution is -0.139. The molecule has 3 heteroatoms. The fraction of sp³-hybridized carbons (Fsp3) is 0.897. The fourth-order valence-corrected chi connectivity index (χ4v) is 4.17. The van der Waals surface area contributed by atoms with Crippen molar-refractivity contribution in [1.29, 1.82) is 0 Å². The zero-order valence-corrected chi connectivity index (χ0v) is 21.7. The van der Waals surface area contributed by atoms with Gasteiger partial charge in [0, 0.05) is 5.57 Å². The number of carbonyl (C=O) groups is 1. The fourth-order valence-electron chi connectivity index (χ4n) is 4.17. The monoisotopic (exact) mass is 454 g/mol. The van der Waals surface area contributed by atoms with Crippen LogP contribution < -0.4 is 0 Å². The Morgan fingerprint density at radius 2 is 1.00 bits per heavy atom. The molecule has 0 aromatic heterocycles. The average molecular weight is 455 g/mol. The van der Waals surface area contributed by atoms with Crippen LogP contribution in [0.3, 0.4) is 0 Å². The normalized spacial score (nSPS) is 12.1. The summed E-state index contributed by atoms with van der Waals surface area (Å²) in [6, 6.07) is 0. The van der Waals surface area contributed by atoms with E-state index >= 15 is 0 Å². The molecule has 2 nitrogen and oxygen atoms in total. The highest BCUT2D eigenvalue weighted by Crippen LogP contribution is 2.17. The third-order valence-electron chi connectivity index (χ3n) is 6.36. The van der Waals surface area contributed by atoms with Crippen LogP contribution in [0.2, 0.25) is 0 Å². The zero-order chi connectivity index (χ0) is 23.7. The summed E-state index contributed by atoms with van der Waals surface area (Å²) in [4.78, 5) is 11.2. The molecule has 0 aromatic carbocycles. The van der Waals surface area contributed by atoms with Crippen LogP contribution in [0.1, 0.15) is 155 Å². The maximum absolute atomic E-state index is 14.0. The minimum Gasteiger partial charge on any atom is -0.462 e. The summed E-state index contributed by atoms with van der Waals surface area (Å²) in [7, 11) is 0. The topological polar surface area (TPSA) is 26.3 Å². The Kier molecular flexibility index (Phi) is 24.1. The number of halogens is 1. The number of unbranched alkanes of at least 4 members (excludes halogenated alkanes) is 18. The van der Waals surface area contributed by atoms with Gasteiger partial charge in [0.2, 0.25) is 0 Å². The minimum absolute atomic E-state index is 0.294. The van der Waals surface area contributed by atoms with Crippen LogP contribution in [0.5, 0.6) is 0 Å². The molecule has 190 valence electrons. The molecule has 0 aliphatic carbocycles. The first-order chi connectivity index (χ1) is 15.6. The van der Waals surface area contributed by atoms with Gasteiger partial charge in [0.1, 0.15) is 6.17 Å². The quantitative estimate of drug-likeness (QED) is 0.0779. The third-order valence-corrected chi connectivity index (χ3v) is 6.36. The number of alkyl halides is 1. The van der Waals surface area contributed by atoms with E-state index < -0.39 is 6.17 Å². The van der Waals surface area contributed by atoms with E-state index in [2.05, 4.69) is 13.5 Å². The standard InChI is InChI=1S/C29H55FO2/c1-4-5-6-7-8-9-10-11-12-13-14-15-18-21-24-28(30)25-22-19-16-17-20-23-26-32-29(31)27(2)3/h28H,2,4-26H2,1,3H3. The van der Waals surface area contributed by atoms with Crippen molar-refractivity contribution >= 4 is 5.97 Å². The molecule has 0 fully saturated rings. The lowest BCUT2D eigenvalue weighted by Crippen LogP contribution is -2.06. The summed E-state index contributed by atoms with van der Waals surface area (Å²) >= 11 is 0. The molecule has 0 aromatic rings. The van der Waals surface area contributed by atoms with Crippen molar-refractivity contribution in [1.82, 2.24) is 0 Å². The third kappa shape index (κ3) is 23.8. The predicted molar refractivity (Wildman–Crippen MR) is 138 cm³/mol. The molecular formula is C29H55FO2. The summed E-state index contributed by atoms with van der Waals surface area (Å²) in [5.74, 6) is -0.294. The van der Waals surface area contributed by atoms with Crippen LogP contribution in [0.15, 0.2) is 12.2 Å². The van der Waals surface area contributed by atoms with Crippen molar-refractivity contribution in [3.05, 3.63) is 12.2 Å². The van der Waals surface area contributed by atoms with Crippen molar-refractivity contribution in [3.8, 4) is 0 Å². The Balaban J connectivity index is 3.20. The molecule has 0 aliphatic heterocycles. The number of esters is 1. The van der Waals surface area contributed by atoms with Gasteiger partial charge in [-0.2, -0.15) is 0 Å². The van der Waals surface area contributed by atoms with E-state index in [1.807, 2.05) is 0 Å². The summed E-state index contributed by atoms with van der Waals surface area (Å²) in [5, 5.41) is 0. The van der Waals surface area contributed by atoms with Gasteiger partial charge in [-0.15, -0.1) is 0 Å². The Labute approximate surface area is 200 Å². The van der Waals surface area contributed by atoms with Crippen LogP contribution >= 0.6 is 0 Å². The number of hydrogen-bond acceptors (Lipinski definition) is 2. The van der Waals surface area contributed by atoms with Crippen LogP contribution in [0, 0.1) is 0 Å². The zero-order valence-electron chi connectivity index (χ0n) is 21.7. The Bertz CT molecular complexity index is 421. The highest BCUT2D eigenvalue weighted by atomic mass is 19.1. The van der Waals surface area contributed by atoms with Crippen molar-refractivity contribution in [2.24, 2.45) is 0 Å². The van der Waals surface area contributed by atoms with E-state index in [1.165, 1.54) is 83.5 Å². The molecule has 0 saturated carbocycles. The molecule has 1 unspecified atom stereocenters. The highest BCUT2D eigenvalue weighted by molar-refractivity contribution is 5.86. The molecule has 0 saturated heterocycles.